The molecule has 242 valence electrons. The molecule has 1 heterocycles. The number of benzene rings is 5. The second-order valence-electron chi connectivity index (χ2n) is 11.2. The van der Waals surface area contributed by atoms with Crippen LogP contribution in [-0.4, -0.2) is 30.2 Å². The van der Waals surface area contributed by atoms with Gasteiger partial charge in [0.15, 0.2) is 0 Å². The number of amides is 2. The van der Waals surface area contributed by atoms with Crippen molar-refractivity contribution >= 4 is 56.1 Å². The summed E-state index contributed by atoms with van der Waals surface area (Å²) >= 11 is 12.4. The number of imidazole rings is 1. The van der Waals surface area contributed by atoms with Crippen LogP contribution in [0, 0.1) is 0 Å². The fourth-order valence-electron chi connectivity index (χ4n) is 5.52. The van der Waals surface area contributed by atoms with E-state index in [1.165, 1.54) is 30.3 Å². The molecule has 0 fully saturated rings. The Hall–Kier alpha value is -4.96. The Labute approximate surface area is 288 Å². The number of nitrogens with zero attached hydrogens (tertiary/aromatic N) is 1. The van der Waals surface area contributed by atoms with Gasteiger partial charge in [-0.25, -0.2) is 18.1 Å². The number of hydrogen-bond donors (Lipinski definition) is 3. The Morgan fingerprint density at radius 2 is 1.46 bits per heavy atom. The monoisotopic (exact) mass is 696 g/mol. The first-order chi connectivity index (χ1) is 23.1. The second kappa shape index (κ2) is 14.0. The van der Waals surface area contributed by atoms with Crippen molar-refractivity contribution in [3.8, 4) is 22.5 Å². The Morgan fingerprint density at radius 3 is 2.19 bits per heavy atom. The first-order valence-corrected chi connectivity index (χ1v) is 17.4. The van der Waals surface area contributed by atoms with Crippen molar-refractivity contribution in [2.24, 2.45) is 0 Å². The third-order valence-electron chi connectivity index (χ3n) is 7.88. The lowest BCUT2D eigenvalue weighted by atomic mass is 9.93. The maximum absolute atomic E-state index is 14.0. The number of hydrogen-bond acceptors (Lipinski definition) is 5. The molecule has 5 aromatic carbocycles. The summed E-state index contributed by atoms with van der Waals surface area (Å²) in [6, 6.07) is 32.1. The number of carbonyl (C=O) groups excluding carboxylic acids is 2. The van der Waals surface area contributed by atoms with Crippen LogP contribution < -0.4 is 10.0 Å². The van der Waals surface area contributed by atoms with Gasteiger partial charge >= 0.3 is 0 Å². The number of sulfonamides is 1. The van der Waals surface area contributed by atoms with Crippen LogP contribution in [0.4, 0.5) is 0 Å². The summed E-state index contributed by atoms with van der Waals surface area (Å²) in [5, 5.41) is 3.81. The van der Waals surface area contributed by atoms with Crippen LogP contribution in [0.3, 0.4) is 0 Å². The molecular formula is C37H30Cl2N4O4S. The molecule has 0 aliphatic rings. The molecule has 0 aliphatic carbocycles. The van der Waals surface area contributed by atoms with Crippen molar-refractivity contribution in [1.29, 1.82) is 0 Å². The lowest BCUT2D eigenvalue weighted by Crippen LogP contribution is -2.32. The van der Waals surface area contributed by atoms with Crippen LogP contribution >= 0.6 is 23.2 Å². The molecule has 3 N–H and O–H groups in total. The average Bonchev–Trinajstić information content (AvgIpc) is 3.52. The van der Waals surface area contributed by atoms with E-state index in [1.54, 1.807) is 30.3 Å². The van der Waals surface area contributed by atoms with E-state index < -0.39 is 21.8 Å². The minimum atomic E-state index is -4.31. The van der Waals surface area contributed by atoms with Gasteiger partial charge in [-0.1, -0.05) is 85.1 Å². The topological polar surface area (TPSA) is 121 Å². The summed E-state index contributed by atoms with van der Waals surface area (Å²) in [5.41, 5.74) is 4.11. The molecule has 1 aromatic heterocycles. The average molecular weight is 698 g/mol. The highest BCUT2D eigenvalue weighted by atomic mass is 35.5. The summed E-state index contributed by atoms with van der Waals surface area (Å²) in [6.45, 7) is 2.03. The van der Waals surface area contributed by atoms with E-state index in [-0.39, 0.29) is 22.1 Å². The highest BCUT2D eigenvalue weighted by Gasteiger charge is 2.25. The van der Waals surface area contributed by atoms with Gasteiger partial charge in [-0.15, -0.1) is 0 Å². The Kier molecular flexibility index (Phi) is 9.63. The van der Waals surface area contributed by atoms with Crippen LogP contribution in [0.25, 0.3) is 33.5 Å². The molecule has 0 radical (unpaired) electrons. The number of nitrogens with one attached hydrogen (secondary N) is 3. The molecule has 1 atom stereocenters. The summed E-state index contributed by atoms with van der Waals surface area (Å²) in [6.07, 6.45) is 1.53. The molecule has 0 aliphatic heterocycles. The zero-order valence-corrected chi connectivity index (χ0v) is 28.0. The maximum Gasteiger partial charge on any atom is 0.265 e. The van der Waals surface area contributed by atoms with E-state index in [1.807, 2.05) is 61.5 Å². The second-order valence-corrected chi connectivity index (χ2v) is 13.7. The number of H-pyrrole nitrogens is 1. The van der Waals surface area contributed by atoms with Crippen LogP contribution in [0.15, 0.2) is 120 Å². The lowest BCUT2D eigenvalue weighted by molar-refractivity contribution is 0.0934. The van der Waals surface area contributed by atoms with Crippen molar-refractivity contribution in [2.75, 3.05) is 0 Å². The highest BCUT2D eigenvalue weighted by molar-refractivity contribution is 7.90. The van der Waals surface area contributed by atoms with Gasteiger partial charge in [-0.2, -0.15) is 0 Å². The maximum atomic E-state index is 14.0. The fraction of sp³-hybridized carbons (Fsp3) is 0.108. The zero-order valence-electron chi connectivity index (χ0n) is 25.7. The fourth-order valence-corrected chi connectivity index (χ4v) is 6.79. The molecule has 0 bridgehead atoms. The van der Waals surface area contributed by atoms with Gasteiger partial charge in [-0.05, 0) is 89.8 Å². The van der Waals surface area contributed by atoms with Crippen molar-refractivity contribution < 1.29 is 18.0 Å². The number of para-hydroxylation sites is 2. The highest BCUT2D eigenvalue weighted by Crippen LogP contribution is 2.36. The van der Waals surface area contributed by atoms with Crippen molar-refractivity contribution in [2.45, 2.75) is 30.7 Å². The van der Waals surface area contributed by atoms with Crippen molar-refractivity contribution in [3.63, 3.8) is 0 Å². The predicted molar refractivity (Wildman–Crippen MR) is 190 cm³/mol. The van der Waals surface area contributed by atoms with Gasteiger partial charge < -0.3 is 10.3 Å². The molecule has 6 aromatic rings. The van der Waals surface area contributed by atoms with Crippen molar-refractivity contribution in [1.82, 2.24) is 20.0 Å². The summed E-state index contributed by atoms with van der Waals surface area (Å²) < 4.78 is 28.8. The van der Waals surface area contributed by atoms with E-state index in [0.717, 1.165) is 23.0 Å². The predicted octanol–water partition coefficient (Wildman–Crippen LogP) is 8.59. The molecule has 8 nitrogen and oxygen atoms in total. The van der Waals surface area contributed by atoms with Gasteiger partial charge in [0.1, 0.15) is 5.82 Å². The van der Waals surface area contributed by atoms with Gasteiger partial charge in [-0.3, -0.25) is 9.59 Å². The molecule has 0 saturated heterocycles. The number of halogens is 2. The number of aromatic amines is 1. The van der Waals surface area contributed by atoms with E-state index in [9.17, 15) is 18.0 Å². The summed E-state index contributed by atoms with van der Waals surface area (Å²) in [7, 11) is -4.31. The number of aromatic nitrogens is 2. The quantitative estimate of drug-likeness (QED) is 0.132. The van der Waals surface area contributed by atoms with Crippen LogP contribution in [0.5, 0.6) is 0 Å². The van der Waals surface area contributed by atoms with E-state index in [4.69, 9.17) is 28.2 Å². The Bertz CT molecular complexity index is 2200. The smallest absolute Gasteiger partial charge is 0.265 e. The first kappa shape index (κ1) is 33.0. The summed E-state index contributed by atoms with van der Waals surface area (Å²) in [5.74, 6) is -0.824. The molecule has 0 unspecified atom stereocenters. The standard InChI is InChI=1S/C37H30Cl2N4O4S/c1-2-8-32(23-9-4-3-5-10-23)42-36(44)24-13-19-28(31(21-24)37(45)43-48(46,47)27-17-14-25(38)15-18-27)30-22-26(39)16-20-29(30)35-40-33-11-6-7-12-34(33)41-35/h3-7,9-22,32H,2,8H2,1H3,(H,40,41)(H,42,44)(H,43,45)/t32-/m1/s1. The van der Waals surface area contributed by atoms with Gasteiger partial charge in [0.05, 0.1) is 22.0 Å². The zero-order chi connectivity index (χ0) is 33.8. The molecule has 48 heavy (non-hydrogen) atoms. The van der Waals surface area contributed by atoms with E-state index in [0.29, 0.717) is 39.0 Å². The van der Waals surface area contributed by atoms with Crippen LogP contribution in [0.2, 0.25) is 10.0 Å². The molecule has 0 spiro atoms. The molecule has 0 saturated carbocycles. The molecular weight excluding hydrogens is 667 g/mol. The number of fused-ring (bicyclic) bond motifs is 1. The number of rotatable bonds is 10. The first-order valence-electron chi connectivity index (χ1n) is 15.2. The van der Waals surface area contributed by atoms with Crippen LogP contribution in [-0.2, 0) is 10.0 Å². The molecule has 6 rings (SSSR count). The SMILES string of the molecule is CCC[C@@H](NC(=O)c1ccc(-c2cc(Cl)ccc2-c2nc3ccccc3[nH]2)c(C(=O)NS(=O)(=O)c2ccc(Cl)cc2)c1)c1ccccc1. The summed E-state index contributed by atoms with van der Waals surface area (Å²) in [4.78, 5) is 35.6. The van der Waals surface area contributed by atoms with Crippen molar-refractivity contribution in [3.05, 3.63) is 142 Å². The van der Waals surface area contributed by atoms with Gasteiger partial charge in [0.2, 0.25) is 0 Å². The Balaban J connectivity index is 1.45. The van der Waals surface area contributed by atoms with Gasteiger partial charge in [0.25, 0.3) is 21.8 Å². The molecule has 2 amide bonds. The minimum absolute atomic E-state index is 0.0495. The Morgan fingerprint density at radius 1 is 0.771 bits per heavy atom. The van der Waals surface area contributed by atoms with E-state index >= 15 is 0 Å². The third kappa shape index (κ3) is 7.13. The van der Waals surface area contributed by atoms with Gasteiger partial charge in [0, 0.05) is 26.7 Å². The van der Waals surface area contributed by atoms with Crippen LogP contribution in [0.1, 0.15) is 52.1 Å². The minimum Gasteiger partial charge on any atom is -0.345 e. The normalized spacial score (nSPS) is 12.1. The molecule has 11 heteroatoms. The third-order valence-corrected chi connectivity index (χ3v) is 9.71. The lowest BCUT2D eigenvalue weighted by Gasteiger charge is -2.20. The van der Waals surface area contributed by atoms with E-state index in [2.05, 4.69) is 15.0 Å². The number of carbonyl (C=O) groups is 2. The largest absolute Gasteiger partial charge is 0.345 e.